The summed E-state index contributed by atoms with van der Waals surface area (Å²) in [5, 5.41) is 0. The molecule has 0 aliphatic rings. The van der Waals surface area contributed by atoms with Gasteiger partial charge in [0.25, 0.3) is 0 Å². The minimum atomic E-state index is -0.666. The van der Waals surface area contributed by atoms with Crippen LogP contribution in [0.15, 0.2) is 121 Å². The maximum absolute atomic E-state index is 7.14. The lowest BCUT2D eigenvalue weighted by atomic mass is 9.83. The van der Waals surface area contributed by atoms with Crippen LogP contribution in [0, 0.1) is 0 Å². The molecule has 0 radical (unpaired) electrons. The second-order valence-electron chi connectivity index (χ2n) is 7.32. The summed E-state index contributed by atoms with van der Waals surface area (Å²) in [7, 11) is 0. The molecule has 0 aliphatic carbocycles. The molecule has 4 rings (SSSR count). The Hall–Kier alpha value is -2.87. The molecule has 0 unspecified atom stereocenters. The number of benzene rings is 4. The number of rotatable bonds is 8. The Morgan fingerprint density at radius 1 is 0.567 bits per heavy atom. The molecule has 150 valence electrons. The van der Waals surface area contributed by atoms with Crippen molar-refractivity contribution in [2.45, 2.75) is 18.1 Å². The van der Waals surface area contributed by atoms with Crippen molar-refractivity contribution in [3.05, 3.63) is 144 Å². The van der Waals surface area contributed by atoms with Crippen molar-refractivity contribution in [3.63, 3.8) is 0 Å². The molecule has 30 heavy (non-hydrogen) atoms. The van der Waals surface area contributed by atoms with Crippen molar-refractivity contribution in [3.8, 4) is 0 Å². The Bertz CT molecular complexity index is 938. The molecule has 0 N–H and O–H groups in total. The van der Waals surface area contributed by atoms with E-state index in [0.717, 1.165) is 22.3 Å². The fourth-order valence-corrected chi connectivity index (χ4v) is 4.25. The third-order valence-corrected chi connectivity index (χ3v) is 5.64. The van der Waals surface area contributed by atoms with E-state index in [2.05, 4.69) is 97.1 Å². The molecular weight excluding hydrogens is 388 g/mol. The van der Waals surface area contributed by atoms with Gasteiger partial charge in [-0.3, -0.25) is 0 Å². The van der Waals surface area contributed by atoms with Crippen molar-refractivity contribution in [2.24, 2.45) is 0 Å². The van der Waals surface area contributed by atoms with Crippen LogP contribution in [-0.4, -0.2) is 5.88 Å². The molecule has 0 fully saturated rings. The highest BCUT2D eigenvalue weighted by Crippen LogP contribution is 2.43. The largest absolute Gasteiger partial charge is 0.353 e. The van der Waals surface area contributed by atoms with Gasteiger partial charge in [0.1, 0.15) is 11.7 Å². The zero-order valence-electron chi connectivity index (χ0n) is 16.8. The highest BCUT2D eigenvalue weighted by molar-refractivity contribution is 6.17. The monoisotopic (exact) mass is 412 g/mol. The van der Waals surface area contributed by atoms with E-state index in [0.29, 0.717) is 12.3 Å². The molecule has 0 heterocycles. The summed E-state index contributed by atoms with van der Waals surface area (Å²) in [4.78, 5) is 0. The molecule has 1 nitrogen and oxygen atoms in total. The molecule has 0 atom stereocenters. The van der Waals surface area contributed by atoms with Crippen LogP contribution in [0.1, 0.15) is 34.8 Å². The zero-order valence-corrected chi connectivity index (χ0v) is 17.6. The summed E-state index contributed by atoms with van der Waals surface area (Å²) >= 11 is 6.38. The number of alkyl halides is 1. The standard InChI is InChI=1S/C28H25ClO/c29-22-21-28(25-17-9-3-10-18-25,26-19-11-4-12-20-26)30-27(23-13-5-1-6-14-23)24-15-7-2-8-16-24/h1-20,27H,21-22H2. The number of ether oxygens (including phenoxy) is 1. The summed E-state index contributed by atoms with van der Waals surface area (Å²) < 4.78 is 7.14. The number of hydrogen-bond donors (Lipinski definition) is 0. The van der Waals surface area contributed by atoms with Gasteiger partial charge in [0.15, 0.2) is 0 Å². The summed E-state index contributed by atoms with van der Waals surface area (Å²) in [6, 6.07) is 41.6. The van der Waals surface area contributed by atoms with E-state index in [-0.39, 0.29) is 6.10 Å². The maximum Gasteiger partial charge on any atom is 0.121 e. The van der Waals surface area contributed by atoms with Gasteiger partial charge in [0.2, 0.25) is 0 Å². The van der Waals surface area contributed by atoms with Crippen molar-refractivity contribution in [2.75, 3.05) is 5.88 Å². The SMILES string of the molecule is ClCCC(OC(c1ccccc1)c1ccccc1)(c1ccccc1)c1ccccc1. The number of hydrogen-bond acceptors (Lipinski definition) is 1. The van der Waals surface area contributed by atoms with Crippen LogP contribution in [0.4, 0.5) is 0 Å². The van der Waals surface area contributed by atoms with Gasteiger partial charge in [-0.1, -0.05) is 121 Å². The Balaban J connectivity index is 1.89. The van der Waals surface area contributed by atoms with E-state index < -0.39 is 5.60 Å². The molecule has 0 saturated carbocycles. The van der Waals surface area contributed by atoms with E-state index in [9.17, 15) is 0 Å². The van der Waals surface area contributed by atoms with Gasteiger partial charge < -0.3 is 4.74 Å². The van der Waals surface area contributed by atoms with Crippen molar-refractivity contribution < 1.29 is 4.74 Å². The van der Waals surface area contributed by atoms with E-state index in [1.54, 1.807) is 0 Å². The fraction of sp³-hybridized carbons (Fsp3) is 0.143. The first-order valence-corrected chi connectivity index (χ1v) is 10.8. The van der Waals surface area contributed by atoms with E-state index in [1.165, 1.54) is 0 Å². The van der Waals surface area contributed by atoms with Gasteiger partial charge in [0, 0.05) is 5.88 Å². The first-order valence-electron chi connectivity index (χ1n) is 10.3. The van der Waals surface area contributed by atoms with Gasteiger partial charge in [-0.25, -0.2) is 0 Å². The molecule has 4 aromatic rings. The minimum Gasteiger partial charge on any atom is -0.353 e. The Labute approximate surface area is 183 Å². The minimum absolute atomic E-state index is 0.226. The quantitative estimate of drug-likeness (QED) is 0.274. The molecule has 0 saturated heterocycles. The van der Waals surface area contributed by atoms with Gasteiger partial charge >= 0.3 is 0 Å². The molecule has 2 heteroatoms. The summed E-state index contributed by atoms with van der Waals surface area (Å²) in [6.07, 6.45) is 0.440. The Morgan fingerprint density at radius 3 is 1.30 bits per heavy atom. The van der Waals surface area contributed by atoms with E-state index in [4.69, 9.17) is 16.3 Å². The van der Waals surface area contributed by atoms with Crippen LogP contribution >= 0.6 is 11.6 Å². The van der Waals surface area contributed by atoms with Gasteiger partial charge in [-0.05, 0) is 28.7 Å². The Morgan fingerprint density at radius 2 is 0.933 bits per heavy atom. The highest BCUT2D eigenvalue weighted by atomic mass is 35.5. The molecule has 0 bridgehead atoms. The topological polar surface area (TPSA) is 9.23 Å². The number of halogens is 1. The summed E-state index contributed by atoms with van der Waals surface area (Å²) in [6.45, 7) is 0. The normalized spacial score (nSPS) is 11.5. The highest BCUT2D eigenvalue weighted by Gasteiger charge is 2.38. The molecule has 0 aromatic heterocycles. The van der Waals surface area contributed by atoms with Gasteiger partial charge in [-0.15, -0.1) is 11.6 Å². The fourth-order valence-electron chi connectivity index (χ4n) is 3.98. The molecule has 0 amide bonds. The molecule has 0 spiro atoms. The predicted molar refractivity (Wildman–Crippen MR) is 125 cm³/mol. The van der Waals surface area contributed by atoms with Crippen molar-refractivity contribution >= 4 is 11.6 Å². The summed E-state index contributed by atoms with van der Waals surface area (Å²) in [5.74, 6) is 0.486. The lowest BCUT2D eigenvalue weighted by Crippen LogP contribution is -2.34. The average molecular weight is 413 g/mol. The van der Waals surface area contributed by atoms with E-state index in [1.807, 2.05) is 24.3 Å². The average Bonchev–Trinajstić information content (AvgIpc) is 2.84. The first kappa shape index (κ1) is 20.4. The molecular formula is C28H25ClO. The Kier molecular flexibility index (Phi) is 6.63. The third kappa shape index (κ3) is 4.33. The van der Waals surface area contributed by atoms with Crippen molar-refractivity contribution in [1.82, 2.24) is 0 Å². The lowest BCUT2D eigenvalue weighted by molar-refractivity contribution is -0.0595. The van der Waals surface area contributed by atoms with Crippen LogP contribution in [0.2, 0.25) is 0 Å². The second-order valence-corrected chi connectivity index (χ2v) is 7.70. The van der Waals surface area contributed by atoms with Crippen LogP contribution < -0.4 is 0 Å². The lowest BCUT2D eigenvalue weighted by Gasteiger charge is -2.38. The van der Waals surface area contributed by atoms with Crippen LogP contribution in [-0.2, 0) is 10.3 Å². The van der Waals surface area contributed by atoms with Crippen LogP contribution in [0.5, 0.6) is 0 Å². The van der Waals surface area contributed by atoms with Gasteiger partial charge in [-0.2, -0.15) is 0 Å². The van der Waals surface area contributed by atoms with E-state index >= 15 is 0 Å². The van der Waals surface area contributed by atoms with Crippen LogP contribution in [0.25, 0.3) is 0 Å². The molecule has 4 aromatic carbocycles. The summed E-state index contributed by atoms with van der Waals surface area (Å²) in [5.41, 5.74) is 3.78. The first-order chi connectivity index (χ1) is 14.8. The van der Waals surface area contributed by atoms with Crippen LogP contribution in [0.3, 0.4) is 0 Å². The van der Waals surface area contributed by atoms with Gasteiger partial charge in [0.05, 0.1) is 0 Å². The third-order valence-electron chi connectivity index (χ3n) is 5.45. The zero-order chi connectivity index (χ0) is 20.7. The van der Waals surface area contributed by atoms with Crippen molar-refractivity contribution in [1.29, 1.82) is 0 Å². The maximum atomic E-state index is 7.14. The smallest absolute Gasteiger partial charge is 0.121 e. The predicted octanol–water partition coefficient (Wildman–Crippen LogP) is 7.37. The molecule has 0 aliphatic heterocycles. The second kappa shape index (κ2) is 9.75.